The summed E-state index contributed by atoms with van der Waals surface area (Å²) < 4.78 is 69.8. The number of rotatable bonds is 3. The number of hydrogen-bond donors (Lipinski definition) is 1. The number of hydrogen-bond acceptors (Lipinski definition) is 4. The van der Waals surface area contributed by atoms with Crippen LogP contribution in [0.3, 0.4) is 0 Å². The number of aliphatic carboxylic acids is 1. The molecule has 1 aromatic rings. The molecule has 2 rings (SSSR count). The van der Waals surface area contributed by atoms with Crippen LogP contribution >= 0.6 is 0 Å². The summed E-state index contributed by atoms with van der Waals surface area (Å²) in [5.74, 6) is -5.80. The van der Waals surface area contributed by atoms with E-state index in [0.29, 0.717) is 4.31 Å². The smallest absolute Gasteiger partial charge is 0.334 e. The maximum Gasteiger partial charge on any atom is 0.334 e. The molecule has 0 saturated carbocycles. The summed E-state index contributed by atoms with van der Waals surface area (Å²) in [6.45, 7) is -1.09. The normalized spacial score (nSPS) is 20.4. The van der Waals surface area contributed by atoms with E-state index in [9.17, 15) is 26.4 Å². The van der Waals surface area contributed by atoms with Crippen molar-refractivity contribution in [3.05, 3.63) is 29.6 Å². The lowest BCUT2D eigenvalue weighted by Crippen LogP contribution is -2.48. The van der Waals surface area contributed by atoms with E-state index in [0.717, 1.165) is 0 Å². The van der Waals surface area contributed by atoms with Gasteiger partial charge in [-0.25, -0.2) is 26.4 Å². The lowest BCUT2D eigenvalue weighted by atomic mass is 10.3. The third-order valence-electron chi connectivity index (χ3n) is 2.87. The van der Waals surface area contributed by atoms with Crippen LogP contribution in [-0.4, -0.2) is 49.6 Å². The predicted molar refractivity (Wildman–Crippen MR) is 62.5 cm³/mol. The Morgan fingerprint density at radius 2 is 1.86 bits per heavy atom. The highest BCUT2D eigenvalue weighted by molar-refractivity contribution is 7.89. The summed E-state index contributed by atoms with van der Waals surface area (Å²) in [6.07, 6.45) is -1.43. The fourth-order valence-electron chi connectivity index (χ4n) is 1.90. The molecule has 0 bridgehead atoms. The van der Waals surface area contributed by atoms with Crippen molar-refractivity contribution in [1.29, 1.82) is 0 Å². The Bertz CT molecular complexity index is 655. The second kappa shape index (κ2) is 5.62. The van der Waals surface area contributed by atoms with Crippen molar-refractivity contribution in [2.24, 2.45) is 0 Å². The number of carbonyl (C=O) groups is 1. The Kier molecular flexibility index (Phi) is 4.21. The zero-order valence-corrected chi connectivity index (χ0v) is 11.2. The lowest BCUT2D eigenvalue weighted by molar-refractivity contribution is -0.153. The van der Waals surface area contributed by atoms with Gasteiger partial charge < -0.3 is 9.84 Å². The third kappa shape index (κ3) is 3.01. The molecule has 0 amide bonds. The van der Waals surface area contributed by atoms with E-state index in [1.165, 1.54) is 0 Å². The van der Waals surface area contributed by atoms with Gasteiger partial charge in [-0.2, -0.15) is 4.31 Å². The molecule has 1 fully saturated rings. The SMILES string of the molecule is O=C(O)C1CN(S(=O)(=O)c2c(F)cc(F)cc2F)CCO1. The topological polar surface area (TPSA) is 83.9 Å². The minimum Gasteiger partial charge on any atom is -0.479 e. The van der Waals surface area contributed by atoms with E-state index < -0.39 is 51.0 Å². The van der Waals surface area contributed by atoms with E-state index in [2.05, 4.69) is 0 Å². The van der Waals surface area contributed by atoms with Crippen LogP contribution in [0, 0.1) is 17.5 Å². The van der Waals surface area contributed by atoms with Crippen molar-refractivity contribution in [3.8, 4) is 0 Å². The molecule has 1 aromatic carbocycles. The van der Waals surface area contributed by atoms with E-state index >= 15 is 0 Å². The van der Waals surface area contributed by atoms with Crippen molar-refractivity contribution in [1.82, 2.24) is 4.31 Å². The number of morpholine rings is 1. The molecular weight excluding hydrogens is 315 g/mol. The van der Waals surface area contributed by atoms with Crippen molar-refractivity contribution < 1.29 is 36.2 Å². The quantitative estimate of drug-likeness (QED) is 0.879. The van der Waals surface area contributed by atoms with Crippen molar-refractivity contribution >= 4 is 16.0 Å². The minimum atomic E-state index is -4.63. The van der Waals surface area contributed by atoms with Gasteiger partial charge in [-0.05, 0) is 0 Å². The summed E-state index contributed by atoms with van der Waals surface area (Å²) >= 11 is 0. The Balaban J connectivity index is 2.41. The van der Waals surface area contributed by atoms with Crippen LogP contribution in [-0.2, 0) is 19.6 Å². The van der Waals surface area contributed by atoms with Crippen LogP contribution in [0.25, 0.3) is 0 Å². The summed E-state index contributed by atoms with van der Waals surface area (Å²) in [6, 6.07) is 0.482. The molecule has 1 heterocycles. The van der Waals surface area contributed by atoms with Gasteiger partial charge in [0, 0.05) is 18.7 Å². The second-order valence-corrected chi connectivity index (χ2v) is 6.13. The van der Waals surface area contributed by atoms with E-state index in [1.54, 1.807) is 0 Å². The molecule has 0 spiro atoms. The first-order chi connectivity index (χ1) is 9.73. The highest BCUT2D eigenvalue weighted by atomic mass is 32.2. The zero-order valence-electron chi connectivity index (χ0n) is 10.4. The first-order valence-corrected chi connectivity index (χ1v) is 7.16. The number of carboxylic acids is 1. The lowest BCUT2D eigenvalue weighted by Gasteiger charge is -2.30. The van der Waals surface area contributed by atoms with Gasteiger partial charge in [0.15, 0.2) is 11.0 Å². The first-order valence-electron chi connectivity index (χ1n) is 5.72. The fourth-order valence-corrected chi connectivity index (χ4v) is 3.41. The van der Waals surface area contributed by atoms with Crippen LogP contribution in [0.2, 0.25) is 0 Å². The third-order valence-corrected chi connectivity index (χ3v) is 4.78. The molecule has 6 nitrogen and oxygen atoms in total. The molecule has 10 heteroatoms. The van der Waals surface area contributed by atoms with Gasteiger partial charge in [0.25, 0.3) is 0 Å². The van der Waals surface area contributed by atoms with Gasteiger partial charge in [0.2, 0.25) is 10.0 Å². The number of halogens is 3. The number of benzene rings is 1. The molecule has 1 saturated heterocycles. The predicted octanol–water partition coefficient (Wildman–Crippen LogP) is 0.578. The Morgan fingerprint density at radius 3 is 2.38 bits per heavy atom. The summed E-state index contributed by atoms with van der Waals surface area (Å²) in [5, 5.41) is 8.79. The highest BCUT2D eigenvalue weighted by Crippen LogP contribution is 2.25. The van der Waals surface area contributed by atoms with Crippen LogP contribution in [0.5, 0.6) is 0 Å². The van der Waals surface area contributed by atoms with E-state index in [4.69, 9.17) is 9.84 Å². The first kappa shape index (κ1) is 15.7. The molecule has 0 aromatic heterocycles. The van der Waals surface area contributed by atoms with Crippen LogP contribution in [0.1, 0.15) is 0 Å². The van der Waals surface area contributed by atoms with Crippen molar-refractivity contribution in [3.63, 3.8) is 0 Å². The second-order valence-electron chi connectivity index (χ2n) is 4.26. The number of nitrogens with zero attached hydrogens (tertiary/aromatic N) is 1. The van der Waals surface area contributed by atoms with Gasteiger partial charge in [0.05, 0.1) is 13.2 Å². The molecule has 1 unspecified atom stereocenters. The Morgan fingerprint density at radius 1 is 1.29 bits per heavy atom. The standard InChI is InChI=1S/C11H10F3NO5S/c12-6-3-7(13)10(8(14)4-6)21(18,19)15-1-2-20-9(5-15)11(16)17/h3-4,9H,1-2,5H2,(H,16,17). The summed E-state index contributed by atoms with van der Waals surface area (Å²) in [7, 11) is -4.63. The average molecular weight is 325 g/mol. The molecule has 1 atom stereocenters. The highest BCUT2D eigenvalue weighted by Gasteiger charge is 2.37. The van der Waals surface area contributed by atoms with Crippen LogP contribution < -0.4 is 0 Å². The summed E-state index contributed by atoms with van der Waals surface area (Å²) in [5.41, 5.74) is 0. The Hall–Kier alpha value is -1.65. The van der Waals surface area contributed by atoms with Gasteiger partial charge in [0.1, 0.15) is 17.5 Å². The van der Waals surface area contributed by atoms with E-state index in [-0.39, 0.29) is 25.3 Å². The molecule has 21 heavy (non-hydrogen) atoms. The molecule has 0 radical (unpaired) electrons. The molecule has 1 N–H and O–H groups in total. The van der Waals surface area contributed by atoms with Crippen molar-refractivity contribution in [2.45, 2.75) is 11.0 Å². The number of carboxylic acid groups (broad SMARTS) is 1. The van der Waals surface area contributed by atoms with Crippen molar-refractivity contribution in [2.75, 3.05) is 19.7 Å². The maximum atomic E-state index is 13.6. The van der Waals surface area contributed by atoms with E-state index in [1.807, 2.05) is 0 Å². The molecule has 1 aliphatic heterocycles. The van der Waals surface area contributed by atoms with Gasteiger partial charge >= 0.3 is 5.97 Å². The maximum absolute atomic E-state index is 13.6. The largest absolute Gasteiger partial charge is 0.479 e. The van der Waals surface area contributed by atoms with Gasteiger partial charge in [-0.15, -0.1) is 0 Å². The molecule has 0 aliphatic carbocycles. The van der Waals surface area contributed by atoms with Crippen LogP contribution in [0.15, 0.2) is 17.0 Å². The average Bonchev–Trinajstić information content (AvgIpc) is 2.37. The fraction of sp³-hybridized carbons (Fsp3) is 0.364. The summed E-state index contributed by atoms with van der Waals surface area (Å²) in [4.78, 5) is 9.49. The number of sulfonamides is 1. The Labute approximate surface area is 117 Å². The molecule has 1 aliphatic rings. The zero-order chi connectivity index (χ0) is 15.8. The van der Waals surface area contributed by atoms with Crippen LogP contribution in [0.4, 0.5) is 13.2 Å². The minimum absolute atomic E-state index is 0.235. The molecular formula is C11H10F3NO5S. The molecule has 116 valence electrons. The monoisotopic (exact) mass is 325 g/mol. The van der Waals surface area contributed by atoms with Gasteiger partial charge in [-0.1, -0.05) is 0 Å². The van der Waals surface area contributed by atoms with Gasteiger partial charge in [-0.3, -0.25) is 0 Å². The number of ether oxygens (including phenoxy) is 1.